The molecule has 0 spiro atoms. The van der Waals surface area contributed by atoms with Gasteiger partial charge in [-0.25, -0.2) is 9.97 Å². The van der Waals surface area contributed by atoms with Gasteiger partial charge in [0.25, 0.3) is 0 Å². The number of nitrogens with zero attached hydrogens (tertiary/aromatic N) is 3. The quantitative estimate of drug-likeness (QED) is 0.667. The number of thiazole rings is 1. The number of benzene rings is 1. The minimum Gasteiger partial charge on any atom is -0.497 e. The lowest BCUT2D eigenvalue weighted by atomic mass is 10.1. The summed E-state index contributed by atoms with van der Waals surface area (Å²) in [6, 6.07) is 7.94. The van der Waals surface area contributed by atoms with E-state index in [4.69, 9.17) is 16.3 Å². The predicted octanol–water partition coefficient (Wildman–Crippen LogP) is 4.18. The van der Waals surface area contributed by atoms with Gasteiger partial charge >= 0.3 is 0 Å². The van der Waals surface area contributed by atoms with Crippen molar-refractivity contribution in [2.75, 3.05) is 7.11 Å². The van der Waals surface area contributed by atoms with Gasteiger partial charge < -0.3 is 4.74 Å². The molecule has 1 aliphatic rings. The highest BCUT2D eigenvalue weighted by molar-refractivity contribution is 7.11. The van der Waals surface area contributed by atoms with Gasteiger partial charge in [0, 0.05) is 35.5 Å². The number of hydrogen-bond acceptors (Lipinski definition) is 5. The lowest BCUT2D eigenvalue weighted by molar-refractivity contribution is 0.274. The van der Waals surface area contributed by atoms with Crippen molar-refractivity contribution in [3.63, 3.8) is 0 Å². The first-order valence-corrected chi connectivity index (χ1v) is 8.62. The van der Waals surface area contributed by atoms with E-state index in [-0.39, 0.29) is 0 Å². The first-order chi connectivity index (χ1) is 11.1. The lowest BCUT2D eigenvalue weighted by Crippen LogP contribution is -2.16. The Labute approximate surface area is 143 Å². The zero-order valence-corrected chi connectivity index (χ0v) is 14.5. The Morgan fingerprint density at radius 1 is 1.26 bits per heavy atom. The molecule has 2 aromatic heterocycles. The van der Waals surface area contributed by atoms with E-state index in [1.54, 1.807) is 18.4 Å². The first kappa shape index (κ1) is 14.9. The molecule has 3 aromatic rings. The molecular weight excluding hydrogens is 330 g/mol. The number of aryl methyl sites for hydroxylation is 1. The molecule has 0 fully saturated rings. The zero-order valence-electron chi connectivity index (χ0n) is 13.0. The molecule has 6 heteroatoms. The van der Waals surface area contributed by atoms with Gasteiger partial charge in [0.1, 0.15) is 10.9 Å². The molecule has 0 unspecified atom stereocenters. The molecule has 0 atom stereocenters. The summed E-state index contributed by atoms with van der Waals surface area (Å²) in [6.07, 6.45) is 0. The van der Waals surface area contributed by atoms with Crippen molar-refractivity contribution in [1.29, 1.82) is 0 Å². The third-order valence-corrected chi connectivity index (χ3v) is 5.39. The van der Waals surface area contributed by atoms with E-state index in [2.05, 4.69) is 27.9 Å². The van der Waals surface area contributed by atoms with Gasteiger partial charge in [0.05, 0.1) is 23.3 Å². The predicted molar refractivity (Wildman–Crippen MR) is 93.1 cm³/mol. The molecule has 1 aromatic carbocycles. The number of rotatable bonds is 3. The summed E-state index contributed by atoms with van der Waals surface area (Å²) in [5.74, 6) is 0.829. The average Bonchev–Trinajstić information content (AvgIpc) is 3.04. The number of halogens is 1. The highest BCUT2D eigenvalue weighted by Crippen LogP contribution is 2.31. The first-order valence-electron chi connectivity index (χ1n) is 7.43. The van der Waals surface area contributed by atoms with Gasteiger partial charge in [-0.05, 0) is 31.2 Å². The van der Waals surface area contributed by atoms with E-state index in [9.17, 15) is 0 Å². The molecule has 0 saturated carbocycles. The van der Waals surface area contributed by atoms with Crippen LogP contribution in [-0.4, -0.2) is 22.0 Å². The molecule has 0 N–H and O–H groups in total. The zero-order chi connectivity index (χ0) is 16.0. The number of aromatic nitrogens is 2. The smallest absolute Gasteiger partial charge is 0.134 e. The lowest BCUT2D eigenvalue weighted by Gasteiger charge is -2.16. The van der Waals surface area contributed by atoms with Crippen LogP contribution in [0.5, 0.6) is 5.75 Å². The fourth-order valence-corrected chi connectivity index (χ4v) is 4.19. The van der Waals surface area contributed by atoms with Gasteiger partial charge in [-0.2, -0.15) is 0 Å². The normalized spacial score (nSPS) is 14.4. The summed E-state index contributed by atoms with van der Waals surface area (Å²) in [4.78, 5) is 12.8. The largest absolute Gasteiger partial charge is 0.497 e. The van der Waals surface area contributed by atoms with E-state index in [0.29, 0.717) is 5.15 Å². The van der Waals surface area contributed by atoms with E-state index in [1.807, 2.05) is 18.2 Å². The Morgan fingerprint density at radius 2 is 2.13 bits per heavy atom. The second-order valence-electron chi connectivity index (χ2n) is 5.74. The van der Waals surface area contributed by atoms with E-state index >= 15 is 0 Å². The molecule has 4 nitrogen and oxygen atoms in total. The Morgan fingerprint density at radius 3 is 2.91 bits per heavy atom. The topological polar surface area (TPSA) is 38.2 Å². The number of fused-ring (bicyclic) bond motifs is 2. The van der Waals surface area contributed by atoms with Gasteiger partial charge in [0.2, 0.25) is 0 Å². The van der Waals surface area contributed by atoms with Crippen LogP contribution in [0.4, 0.5) is 0 Å². The molecule has 0 radical (unpaired) electrons. The van der Waals surface area contributed by atoms with Gasteiger partial charge in [0.15, 0.2) is 0 Å². The second-order valence-corrected chi connectivity index (χ2v) is 7.39. The van der Waals surface area contributed by atoms with Crippen molar-refractivity contribution < 1.29 is 4.74 Å². The third-order valence-electron chi connectivity index (χ3n) is 4.07. The number of methoxy groups -OCH3 is 1. The third kappa shape index (κ3) is 2.80. The van der Waals surface area contributed by atoms with Crippen LogP contribution in [-0.2, 0) is 19.6 Å². The summed E-state index contributed by atoms with van der Waals surface area (Å²) in [5.41, 5.74) is 3.13. The number of pyridine rings is 1. The van der Waals surface area contributed by atoms with Crippen molar-refractivity contribution in [3.05, 3.63) is 50.6 Å². The Hall–Kier alpha value is -1.69. The van der Waals surface area contributed by atoms with Crippen LogP contribution in [0.25, 0.3) is 10.9 Å². The molecule has 0 bridgehead atoms. The van der Waals surface area contributed by atoms with Crippen molar-refractivity contribution in [2.45, 2.75) is 26.6 Å². The molecule has 0 amide bonds. The molecular formula is C17H16ClN3OS. The van der Waals surface area contributed by atoms with Crippen LogP contribution < -0.4 is 4.74 Å². The summed E-state index contributed by atoms with van der Waals surface area (Å²) < 4.78 is 5.29. The van der Waals surface area contributed by atoms with Crippen LogP contribution in [0.15, 0.2) is 24.3 Å². The fourth-order valence-electron chi connectivity index (χ4n) is 3.00. The highest BCUT2D eigenvalue weighted by Gasteiger charge is 2.23. The van der Waals surface area contributed by atoms with Crippen molar-refractivity contribution in [1.82, 2.24) is 14.9 Å². The Kier molecular flexibility index (Phi) is 3.71. The molecule has 0 saturated heterocycles. The Bertz CT molecular complexity index is 869. The van der Waals surface area contributed by atoms with Crippen LogP contribution in [0.3, 0.4) is 0 Å². The van der Waals surface area contributed by atoms with Crippen LogP contribution in [0.2, 0.25) is 5.15 Å². The van der Waals surface area contributed by atoms with Crippen molar-refractivity contribution >= 4 is 33.8 Å². The number of hydrogen-bond donors (Lipinski definition) is 0. The summed E-state index contributed by atoms with van der Waals surface area (Å²) in [6.45, 7) is 4.66. The summed E-state index contributed by atoms with van der Waals surface area (Å²) in [7, 11) is 1.67. The van der Waals surface area contributed by atoms with Gasteiger partial charge in [-0.3, -0.25) is 4.90 Å². The van der Waals surface area contributed by atoms with Crippen molar-refractivity contribution in [2.24, 2.45) is 0 Å². The SMILES string of the molecule is COc1ccc2nc(Cl)c(CN3Cc4nc(C)sc4C3)cc2c1. The van der Waals surface area contributed by atoms with Crippen LogP contribution in [0, 0.1) is 6.92 Å². The van der Waals surface area contributed by atoms with Gasteiger partial charge in [-0.1, -0.05) is 11.6 Å². The average molecular weight is 346 g/mol. The second kappa shape index (κ2) is 5.74. The minimum atomic E-state index is 0.571. The minimum absolute atomic E-state index is 0.571. The maximum atomic E-state index is 6.38. The number of ether oxygens (including phenoxy) is 1. The van der Waals surface area contributed by atoms with Crippen LogP contribution in [0.1, 0.15) is 21.1 Å². The summed E-state index contributed by atoms with van der Waals surface area (Å²) >= 11 is 8.17. The maximum absolute atomic E-state index is 6.38. The molecule has 4 rings (SSSR count). The van der Waals surface area contributed by atoms with E-state index in [0.717, 1.165) is 46.9 Å². The standard InChI is InChI=1S/C17H16ClN3OS/c1-10-19-15-8-21(9-16(15)23-10)7-12-5-11-6-13(22-2)3-4-14(11)20-17(12)18/h3-6H,7-9H2,1-2H3. The fraction of sp³-hybridized carbons (Fsp3) is 0.294. The molecule has 118 valence electrons. The molecule has 0 aliphatic carbocycles. The Balaban J connectivity index is 1.61. The molecule has 3 heterocycles. The van der Waals surface area contributed by atoms with Crippen molar-refractivity contribution in [3.8, 4) is 5.75 Å². The maximum Gasteiger partial charge on any atom is 0.134 e. The van der Waals surface area contributed by atoms with E-state index in [1.165, 1.54) is 10.6 Å². The summed E-state index contributed by atoms with van der Waals surface area (Å²) in [5, 5.41) is 2.76. The molecule has 1 aliphatic heterocycles. The van der Waals surface area contributed by atoms with Gasteiger partial charge in [-0.15, -0.1) is 11.3 Å². The van der Waals surface area contributed by atoms with E-state index < -0.39 is 0 Å². The monoisotopic (exact) mass is 345 g/mol. The highest BCUT2D eigenvalue weighted by atomic mass is 35.5. The van der Waals surface area contributed by atoms with Crippen LogP contribution >= 0.6 is 22.9 Å². The molecule has 23 heavy (non-hydrogen) atoms.